The third-order valence-corrected chi connectivity index (χ3v) is 4.98. The number of hydrogen-bond acceptors (Lipinski definition) is 3. The maximum atomic E-state index is 12.6. The first-order valence-electron chi connectivity index (χ1n) is 8.43. The Balaban J connectivity index is 1.57. The lowest BCUT2D eigenvalue weighted by molar-refractivity contribution is 0.0645. The minimum absolute atomic E-state index is 0.160. The molecule has 0 aromatic heterocycles. The van der Waals surface area contributed by atoms with Crippen molar-refractivity contribution in [3.05, 3.63) is 65.2 Å². The standard InChI is InChI=1S/C20H20N2O2/c1-14-6-4-7-15(12-14)21-11-5-8-16(21)13-22-19(23)17-9-2-3-10-18(17)20(22)24/h2-4,6-7,9-10,12,16H,5,8,11,13H2,1H3/t16-/m1/s1. The summed E-state index contributed by atoms with van der Waals surface area (Å²) in [6.45, 7) is 3.51. The van der Waals surface area contributed by atoms with Crippen LogP contribution in [0.3, 0.4) is 0 Å². The van der Waals surface area contributed by atoms with Gasteiger partial charge in [-0.3, -0.25) is 14.5 Å². The highest BCUT2D eigenvalue weighted by Gasteiger charge is 2.38. The van der Waals surface area contributed by atoms with Gasteiger partial charge in [-0.2, -0.15) is 0 Å². The van der Waals surface area contributed by atoms with Crippen molar-refractivity contribution < 1.29 is 9.59 Å². The Morgan fingerprint density at radius 2 is 1.71 bits per heavy atom. The van der Waals surface area contributed by atoms with Gasteiger partial charge in [-0.05, 0) is 49.6 Å². The fourth-order valence-corrected chi connectivity index (χ4v) is 3.79. The van der Waals surface area contributed by atoms with Crippen LogP contribution in [0.15, 0.2) is 48.5 Å². The average Bonchev–Trinajstić information content (AvgIpc) is 3.15. The van der Waals surface area contributed by atoms with Gasteiger partial charge in [0.15, 0.2) is 0 Å². The van der Waals surface area contributed by atoms with E-state index in [1.807, 2.05) is 12.1 Å². The third kappa shape index (κ3) is 2.39. The third-order valence-electron chi connectivity index (χ3n) is 4.98. The second-order valence-electron chi connectivity index (χ2n) is 6.59. The van der Waals surface area contributed by atoms with E-state index in [1.165, 1.54) is 16.2 Å². The summed E-state index contributed by atoms with van der Waals surface area (Å²) in [6, 6.07) is 15.7. The molecule has 2 aromatic carbocycles. The van der Waals surface area contributed by atoms with Gasteiger partial charge in [-0.15, -0.1) is 0 Å². The first-order chi connectivity index (χ1) is 11.6. The Morgan fingerprint density at radius 1 is 1.00 bits per heavy atom. The number of rotatable bonds is 3. The maximum Gasteiger partial charge on any atom is 0.261 e. The minimum atomic E-state index is -0.160. The summed E-state index contributed by atoms with van der Waals surface area (Å²) >= 11 is 0. The molecule has 2 heterocycles. The lowest BCUT2D eigenvalue weighted by Gasteiger charge is -2.29. The molecule has 24 heavy (non-hydrogen) atoms. The summed E-state index contributed by atoms with van der Waals surface area (Å²) in [6.07, 6.45) is 2.09. The van der Waals surface area contributed by atoms with E-state index >= 15 is 0 Å². The number of nitrogens with zero attached hydrogens (tertiary/aromatic N) is 2. The first-order valence-corrected chi connectivity index (χ1v) is 8.43. The Labute approximate surface area is 141 Å². The van der Waals surface area contributed by atoms with Gasteiger partial charge in [0.05, 0.1) is 11.1 Å². The molecule has 0 aliphatic carbocycles. The van der Waals surface area contributed by atoms with Crippen LogP contribution in [0.1, 0.15) is 39.1 Å². The topological polar surface area (TPSA) is 40.6 Å². The molecule has 0 bridgehead atoms. The van der Waals surface area contributed by atoms with Gasteiger partial charge >= 0.3 is 0 Å². The van der Waals surface area contributed by atoms with Crippen molar-refractivity contribution in [2.24, 2.45) is 0 Å². The zero-order valence-corrected chi connectivity index (χ0v) is 13.7. The van der Waals surface area contributed by atoms with E-state index in [2.05, 4.69) is 36.1 Å². The summed E-state index contributed by atoms with van der Waals surface area (Å²) in [7, 11) is 0. The highest BCUT2D eigenvalue weighted by molar-refractivity contribution is 6.21. The molecule has 2 amide bonds. The molecule has 2 aliphatic heterocycles. The molecule has 122 valence electrons. The largest absolute Gasteiger partial charge is 0.367 e. The molecule has 1 saturated heterocycles. The van der Waals surface area contributed by atoms with Crippen molar-refractivity contribution in [2.75, 3.05) is 18.0 Å². The highest BCUT2D eigenvalue weighted by Crippen LogP contribution is 2.29. The number of hydrogen-bond donors (Lipinski definition) is 0. The van der Waals surface area contributed by atoms with Gasteiger partial charge in [0.25, 0.3) is 11.8 Å². The van der Waals surface area contributed by atoms with Crippen LogP contribution in [-0.4, -0.2) is 35.8 Å². The van der Waals surface area contributed by atoms with E-state index in [4.69, 9.17) is 0 Å². The van der Waals surface area contributed by atoms with E-state index in [9.17, 15) is 9.59 Å². The minimum Gasteiger partial charge on any atom is -0.367 e. The molecule has 0 saturated carbocycles. The van der Waals surface area contributed by atoms with Crippen molar-refractivity contribution in [1.82, 2.24) is 4.90 Å². The van der Waals surface area contributed by atoms with Crippen molar-refractivity contribution in [3.8, 4) is 0 Å². The molecular formula is C20H20N2O2. The van der Waals surface area contributed by atoms with Crippen LogP contribution in [0.2, 0.25) is 0 Å². The molecule has 0 radical (unpaired) electrons. The summed E-state index contributed by atoms with van der Waals surface area (Å²) in [5, 5.41) is 0. The molecule has 0 spiro atoms. The Bertz CT molecular complexity index is 780. The molecule has 4 heteroatoms. The van der Waals surface area contributed by atoms with Gasteiger partial charge in [0, 0.05) is 24.8 Å². The first kappa shape index (κ1) is 14.9. The number of aryl methyl sites for hydroxylation is 1. The SMILES string of the molecule is Cc1cccc(N2CCC[C@@H]2CN2C(=O)c3ccccc3C2=O)c1. The number of carbonyl (C=O) groups excluding carboxylic acids is 2. The van der Waals surface area contributed by atoms with Crippen molar-refractivity contribution in [1.29, 1.82) is 0 Å². The number of amides is 2. The fourth-order valence-electron chi connectivity index (χ4n) is 3.79. The van der Waals surface area contributed by atoms with Crippen LogP contribution in [-0.2, 0) is 0 Å². The summed E-state index contributed by atoms with van der Waals surface area (Å²) in [5.41, 5.74) is 3.46. The maximum absolute atomic E-state index is 12.6. The molecule has 0 unspecified atom stereocenters. The van der Waals surface area contributed by atoms with Gasteiger partial charge in [-0.1, -0.05) is 24.3 Å². The van der Waals surface area contributed by atoms with Gasteiger partial charge in [0.1, 0.15) is 0 Å². The fraction of sp³-hybridized carbons (Fsp3) is 0.300. The molecule has 1 atom stereocenters. The highest BCUT2D eigenvalue weighted by atomic mass is 16.2. The van der Waals surface area contributed by atoms with Gasteiger partial charge < -0.3 is 4.90 Å². The van der Waals surface area contributed by atoms with Gasteiger partial charge in [0.2, 0.25) is 0 Å². The zero-order chi connectivity index (χ0) is 16.7. The monoisotopic (exact) mass is 320 g/mol. The van der Waals surface area contributed by atoms with Gasteiger partial charge in [-0.25, -0.2) is 0 Å². The van der Waals surface area contributed by atoms with E-state index in [0.29, 0.717) is 17.7 Å². The Kier molecular flexibility index (Phi) is 3.60. The average molecular weight is 320 g/mol. The molecule has 1 fully saturated rings. The van der Waals surface area contributed by atoms with Crippen molar-refractivity contribution >= 4 is 17.5 Å². The Morgan fingerprint density at radius 3 is 2.38 bits per heavy atom. The van der Waals surface area contributed by atoms with Crippen LogP contribution in [0.25, 0.3) is 0 Å². The zero-order valence-electron chi connectivity index (χ0n) is 13.7. The van der Waals surface area contributed by atoms with Crippen LogP contribution in [0, 0.1) is 6.92 Å². The smallest absolute Gasteiger partial charge is 0.261 e. The van der Waals surface area contributed by atoms with E-state index < -0.39 is 0 Å². The molecule has 0 N–H and O–H groups in total. The second-order valence-corrected chi connectivity index (χ2v) is 6.59. The molecule has 4 rings (SSSR count). The van der Waals surface area contributed by atoms with E-state index in [0.717, 1.165) is 19.4 Å². The number of anilines is 1. The summed E-state index contributed by atoms with van der Waals surface area (Å²) < 4.78 is 0. The van der Waals surface area contributed by atoms with Crippen LogP contribution in [0.4, 0.5) is 5.69 Å². The van der Waals surface area contributed by atoms with Crippen LogP contribution < -0.4 is 4.90 Å². The van der Waals surface area contributed by atoms with Crippen LogP contribution >= 0.6 is 0 Å². The Hall–Kier alpha value is -2.62. The van der Waals surface area contributed by atoms with Crippen LogP contribution in [0.5, 0.6) is 0 Å². The lowest BCUT2D eigenvalue weighted by Crippen LogP contribution is -2.43. The number of benzene rings is 2. The van der Waals surface area contributed by atoms with Crippen molar-refractivity contribution in [3.63, 3.8) is 0 Å². The number of imide groups is 1. The van der Waals surface area contributed by atoms with E-state index in [1.54, 1.807) is 12.1 Å². The predicted octanol–water partition coefficient (Wildman–Crippen LogP) is 3.26. The number of fused-ring (bicyclic) bond motifs is 1. The lowest BCUT2D eigenvalue weighted by atomic mass is 10.1. The molecule has 4 nitrogen and oxygen atoms in total. The second kappa shape index (κ2) is 5.78. The van der Waals surface area contributed by atoms with E-state index in [-0.39, 0.29) is 17.9 Å². The predicted molar refractivity (Wildman–Crippen MR) is 93.4 cm³/mol. The molecule has 2 aromatic rings. The molecule has 2 aliphatic rings. The quantitative estimate of drug-likeness (QED) is 0.815. The normalized spacial score (nSPS) is 20.0. The summed E-state index contributed by atoms with van der Waals surface area (Å²) in [5.74, 6) is -0.321. The van der Waals surface area contributed by atoms with Crippen molar-refractivity contribution in [2.45, 2.75) is 25.8 Å². The summed E-state index contributed by atoms with van der Waals surface area (Å²) in [4.78, 5) is 28.9. The number of carbonyl (C=O) groups is 2. The molecular weight excluding hydrogens is 300 g/mol.